The van der Waals surface area contributed by atoms with Gasteiger partial charge in [0.1, 0.15) is 5.02 Å². The van der Waals surface area contributed by atoms with Crippen molar-refractivity contribution in [2.75, 3.05) is 6.61 Å². The molecule has 0 radical (unpaired) electrons. The van der Waals surface area contributed by atoms with E-state index in [1.54, 1.807) is 6.92 Å². The number of pyridine rings is 1. The van der Waals surface area contributed by atoms with E-state index < -0.39 is 24.6 Å². The van der Waals surface area contributed by atoms with E-state index >= 15 is 0 Å². The molecule has 0 unspecified atom stereocenters. The van der Waals surface area contributed by atoms with Gasteiger partial charge in [-0.1, -0.05) is 11.6 Å². The molecule has 0 atom stereocenters. The van der Waals surface area contributed by atoms with Crippen molar-refractivity contribution < 1.29 is 26.7 Å². The van der Waals surface area contributed by atoms with Crippen molar-refractivity contribution in [2.24, 2.45) is 0 Å². The number of rotatable bonds is 3. The smallest absolute Gasteiger partial charge is 0.456 e. The number of nitrogens with zero attached hydrogens (tertiary/aromatic N) is 1. The summed E-state index contributed by atoms with van der Waals surface area (Å²) in [6, 6.07) is 1.34. The van der Waals surface area contributed by atoms with Crippen LogP contribution in [0.5, 0.6) is 5.88 Å². The summed E-state index contributed by atoms with van der Waals surface area (Å²) in [5.74, 6) is -5.40. The number of aromatic nitrogens is 1. The van der Waals surface area contributed by atoms with Gasteiger partial charge >= 0.3 is 12.1 Å². The fraction of sp³-hybridized carbons (Fsp3) is 0.444. The molecular weight excluding hydrogens is 269 g/mol. The summed E-state index contributed by atoms with van der Waals surface area (Å²) in [6.45, 7) is -0.223. The predicted octanol–water partition coefficient (Wildman–Crippen LogP) is 3.62. The molecule has 0 aliphatic rings. The molecule has 1 heterocycles. The fourth-order valence-corrected chi connectivity index (χ4v) is 1.14. The van der Waals surface area contributed by atoms with Gasteiger partial charge in [-0.2, -0.15) is 22.0 Å². The lowest BCUT2D eigenvalue weighted by molar-refractivity contribution is -0.290. The Morgan fingerprint density at radius 3 is 2.35 bits per heavy atom. The van der Waals surface area contributed by atoms with Gasteiger partial charge in [-0.05, 0) is 18.6 Å². The molecule has 17 heavy (non-hydrogen) atoms. The van der Waals surface area contributed by atoms with Gasteiger partial charge in [0.25, 0.3) is 0 Å². The molecule has 0 bridgehead atoms. The van der Waals surface area contributed by atoms with Gasteiger partial charge in [-0.3, -0.25) is 0 Å². The minimum atomic E-state index is -5.66. The zero-order valence-electron chi connectivity index (χ0n) is 8.49. The van der Waals surface area contributed by atoms with E-state index in [0.29, 0.717) is 5.56 Å². The van der Waals surface area contributed by atoms with E-state index in [4.69, 9.17) is 11.6 Å². The minimum Gasteiger partial charge on any atom is -0.470 e. The molecule has 0 N–H and O–H groups in total. The van der Waals surface area contributed by atoms with Crippen LogP contribution in [0.4, 0.5) is 22.0 Å². The summed E-state index contributed by atoms with van der Waals surface area (Å²) in [5, 5.41) is -0.122. The molecule has 1 aromatic heterocycles. The Kier molecular flexibility index (Phi) is 3.81. The lowest BCUT2D eigenvalue weighted by atomic mass is 10.3. The zero-order valence-corrected chi connectivity index (χ0v) is 9.24. The molecule has 96 valence electrons. The number of hydrogen-bond donors (Lipinski definition) is 0. The first-order valence-electron chi connectivity index (χ1n) is 4.33. The predicted molar refractivity (Wildman–Crippen MR) is 50.5 cm³/mol. The normalized spacial score (nSPS) is 12.6. The molecule has 0 saturated heterocycles. The molecule has 0 aliphatic heterocycles. The summed E-state index contributed by atoms with van der Waals surface area (Å²) < 4.78 is 64.7. The highest BCUT2D eigenvalue weighted by Gasteiger charge is 2.58. The standard InChI is InChI=1S/C9H7ClF5NO/c1-5-2-6(10)7(16-3-5)17-4-8(11,12)9(13,14)15/h2-3H,4H2,1H3. The van der Waals surface area contributed by atoms with Crippen molar-refractivity contribution in [3.63, 3.8) is 0 Å². The Balaban J connectivity index is 2.74. The second-order valence-electron chi connectivity index (χ2n) is 3.29. The van der Waals surface area contributed by atoms with Crippen LogP contribution in [0, 0.1) is 6.92 Å². The van der Waals surface area contributed by atoms with Crippen LogP contribution in [0.3, 0.4) is 0 Å². The topological polar surface area (TPSA) is 22.1 Å². The highest BCUT2D eigenvalue weighted by molar-refractivity contribution is 6.31. The summed E-state index contributed by atoms with van der Waals surface area (Å²) in [7, 11) is 0. The third-order valence-electron chi connectivity index (χ3n) is 1.75. The van der Waals surface area contributed by atoms with Crippen LogP contribution in [-0.4, -0.2) is 23.7 Å². The molecule has 0 fully saturated rings. The van der Waals surface area contributed by atoms with Crippen molar-refractivity contribution in [2.45, 2.75) is 19.0 Å². The number of aryl methyl sites for hydroxylation is 1. The molecule has 0 saturated carbocycles. The number of hydrogen-bond acceptors (Lipinski definition) is 2. The van der Waals surface area contributed by atoms with E-state index in [0.717, 1.165) is 0 Å². The van der Waals surface area contributed by atoms with Gasteiger partial charge in [0.15, 0.2) is 6.61 Å². The molecule has 0 spiro atoms. The number of alkyl halides is 5. The maximum atomic E-state index is 12.5. The van der Waals surface area contributed by atoms with E-state index in [2.05, 4.69) is 9.72 Å². The largest absolute Gasteiger partial charge is 0.470 e. The summed E-state index contributed by atoms with van der Waals surface area (Å²) in [6.07, 6.45) is -4.42. The van der Waals surface area contributed by atoms with Gasteiger partial charge in [-0.15, -0.1) is 0 Å². The molecule has 0 aliphatic carbocycles. The molecular formula is C9H7ClF5NO. The Morgan fingerprint density at radius 1 is 1.29 bits per heavy atom. The van der Waals surface area contributed by atoms with Crippen LogP contribution < -0.4 is 4.74 Å². The third-order valence-corrected chi connectivity index (χ3v) is 2.02. The minimum absolute atomic E-state index is 0.122. The van der Waals surface area contributed by atoms with Crippen molar-refractivity contribution in [3.8, 4) is 5.88 Å². The quantitative estimate of drug-likeness (QED) is 0.786. The monoisotopic (exact) mass is 275 g/mol. The van der Waals surface area contributed by atoms with Crippen molar-refractivity contribution >= 4 is 11.6 Å². The summed E-state index contributed by atoms with van der Waals surface area (Å²) in [4.78, 5) is 3.51. The van der Waals surface area contributed by atoms with E-state index in [1.165, 1.54) is 12.3 Å². The van der Waals surface area contributed by atoms with Gasteiger partial charge in [0.05, 0.1) is 0 Å². The first-order valence-corrected chi connectivity index (χ1v) is 4.71. The number of ether oxygens (including phenoxy) is 1. The molecule has 0 aromatic carbocycles. The van der Waals surface area contributed by atoms with Crippen LogP contribution in [0.2, 0.25) is 5.02 Å². The van der Waals surface area contributed by atoms with Gasteiger partial charge < -0.3 is 4.74 Å². The van der Waals surface area contributed by atoms with Gasteiger partial charge in [-0.25, -0.2) is 4.98 Å². The van der Waals surface area contributed by atoms with Crippen LogP contribution in [0.15, 0.2) is 12.3 Å². The SMILES string of the molecule is Cc1cnc(OCC(F)(F)C(F)(F)F)c(Cl)c1. The lowest BCUT2D eigenvalue weighted by Crippen LogP contribution is -2.41. The highest BCUT2D eigenvalue weighted by atomic mass is 35.5. The fourth-order valence-electron chi connectivity index (χ4n) is 0.868. The van der Waals surface area contributed by atoms with Crippen LogP contribution in [0.25, 0.3) is 0 Å². The molecule has 1 rings (SSSR count). The van der Waals surface area contributed by atoms with Crippen molar-refractivity contribution in [3.05, 3.63) is 22.8 Å². The Morgan fingerprint density at radius 2 is 1.88 bits per heavy atom. The Bertz CT molecular complexity index is 407. The average Bonchev–Trinajstić information content (AvgIpc) is 2.14. The highest BCUT2D eigenvalue weighted by Crippen LogP contribution is 2.36. The van der Waals surface area contributed by atoms with Crippen LogP contribution in [-0.2, 0) is 0 Å². The summed E-state index contributed by atoms with van der Waals surface area (Å²) in [5.41, 5.74) is 0.630. The Labute approximate surface area is 98.4 Å². The van der Waals surface area contributed by atoms with E-state index in [9.17, 15) is 22.0 Å². The number of halogens is 6. The Hall–Kier alpha value is -1.11. The molecule has 2 nitrogen and oxygen atoms in total. The van der Waals surface area contributed by atoms with Gasteiger partial charge in [0, 0.05) is 6.20 Å². The second kappa shape index (κ2) is 4.64. The third kappa shape index (κ3) is 3.42. The second-order valence-corrected chi connectivity index (χ2v) is 3.70. The summed E-state index contributed by atoms with van der Waals surface area (Å²) >= 11 is 5.56. The molecule has 0 amide bonds. The van der Waals surface area contributed by atoms with E-state index in [-0.39, 0.29) is 5.02 Å². The first kappa shape index (κ1) is 14.0. The molecule has 1 aromatic rings. The van der Waals surface area contributed by atoms with Crippen LogP contribution >= 0.6 is 11.6 Å². The maximum Gasteiger partial charge on any atom is 0.456 e. The average molecular weight is 276 g/mol. The van der Waals surface area contributed by atoms with Crippen molar-refractivity contribution in [1.82, 2.24) is 4.98 Å². The maximum absolute atomic E-state index is 12.5. The van der Waals surface area contributed by atoms with Crippen LogP contribution in [0.1, 0.15) is 5.56 Å². The van der Waals surface area contributed by atoms with Crippen molar-refractivity contribution in [1.29, 1.82) is 0 Å². The zero-order chi connectivity index (χ0) is 13.3. The van der Waals surface area contributed by atoms with E-state index in [1.807, 2.05) is 0 Å². The lowest BCUT2D eigenvalue weighted by Gasteiger charge is -2.19. The molecule has 8 heteroatoms. The first-order chi connectivity index (χ1) is 7.63. The van der Waals surface area contributed by atoms with Gasteiger partial charge in [0.2, 0.25) is 5.88 Å².